The van der Waals surface area contributed by atoms with E-state index in [9.17, 15) is 4.79 Å². The first-order valence-electron chi connectivity index (χ1n) is 5.27. The Labute approximate surface area is 112 Å². The molecule has 0 aliphatic heterocycles. The Kier molecular flexibility index (Phi) is 5.25. The standard InChI is InChI=1S/C12H16Cl2N2O/c1-15(2)6-7-16(3)12(17)10-5-4-9(13)8-11(10)14/h4-5,8H,6-7H2,1-3H3. The highest BCUT2D eigenvalue weighted by Gasteiger charge is 2.15. The van der Waals surface area contributed by atoms with Crippen molar-refractivity contribution < 1.29 is 4.79 Å². The van der Waals surface area contributed by atoms with E-state index in [2.05, 4.69) is 0 Å². The number of likely N-dealkylation sites (N-methyl/N-ethyl adjacent to an activating group) is 2. The van der Waals surface area contributed by atoms with Crippen LogP contribution in [0.25, 0.3) is 0 Å². The van der Waals surface area contributed by atoms with E-state index in [1.54, 1.807) is 30.1 Å². The Bertz CT molecular complexity index is 407. The minimum absolute atomic E-state index is 0.0893. The van der Waals surface area contributed by atoms with Gasteiger partial charge >= 0.3 is 0 Å². The van der Waals surface area contributed by atoms with Crippen LogP contribution in [0.1, 0.15) is 10.4 Å². The van der Waals surface area contributed by atoms with Crippen molar-refractivity contribution in [3.8, 4) is 0 Å². The molecule has 94 valence electrons. The highest BCUT2D eigenvalue weighted by atomic mass is 35.5. The smallest absolute Gasteiger partial charge is 0.255 e. The minimum atomic E-state index is -0.0893. The van der Waals surface area contributed by atoms with Crippen molar-refractivity contribution in [1.29, 1.82) is 0 Å². The minimum Gasteiger partial charge on any atom is -0.340 e. The fraction of sp³-hybridized carbons (Fsp3) is 0.417. The summed E-state index contributed by atoms with van der Waals surface area (Å²) in [4.78, 5) is 15.7. The molecule has 0 aromatic heterocycles. The molecular formula is C12H16Cl2N2O. The summed E-state index contributed by atoms with van der Waals surface area (Å²) in [6.07, 6.45) is 0. The van der Waals surface area contributed by atoms with Crippen molar-refractivity contribution >= 4 is 29.1 Å². The molecule has 1 amide bonds. The van der Waals surface area contributed by atoms with Crippen LogP contribution in [0.3, 0.4) is 0 Å². The van der Waals surface area contributed by atoms with Gasteiger partial charge in [0.25, 0.3) is 5.91 Å². The number of carbonyl (C=O) groups excluding carboxylic acids is 1. The Morgan fingerprint density at radius 1 is 1.18 bits per heavy atom. The topological polar surface area (TPSA) is 23.6 Å². The third-order valence-corrected chi connectivity index (χ3v) is 2.94. The molecule has 0 aliphatic carbocycles. The molecule has 1 aromatic rings. The molecule has 5 heteroatoms. The van der Waals surface area contributed by atoms with Crippen LogP contribution < -0.4 is 0 Å². The largest absolute Gasteiger partial charge is 0.340 e. The predicted octanol–water partition coefficient (Wildman–Crippen LogP) is 2.63. The monoisotopic (exact) mass is 274 g/mol. The number of halogens is 2. The second kappa shape index (κ2) is 6.24. The maximum atomic E-state index is 12.1. The number of hydrogen-bond donors (Lipinski definition) is 0. The Hall–Kier alpha value is -0.770. The average Bonchev–Trinajstić information content (AvgIpc) is 2.25. The predicted molar refractivity (Wildman–Crippen MR) is 72.0 cm³/mol. The third-order valence-electron chi connectivity index (χ3n) is 2.39. The normalized spacial score (nSPS) is 10.7. The highest BCUT2D eigenvalue weighted by molar-refractivity contribution is 6.36. The molecule has 0 N–H and O–H groups in total. The van der Waals surface area contributed by atoms with Crippen LogP contribution in [-0.4, -0.2) is 49.9 Å². The molecule has 0 atom stereocenters. The molecule has 3 nitrogen and oxygen atoms in total. The summed E-state index contributed by atoms with van der Waals surface area (Å²) in [5.41, 5.74) is 0.484. The summed E-state index contributed by atoms with van der Waals surface area (Å²) in [7, 11) is 5.69. The van der Waals surface area contributed by atoms with Gasteiger partial charge in [-0.1, -0.05) is 23.2 Å². The van der Waals surface area contributed by atoms with Crippen molar-refractivity contribution in [3.63, 3.8) is 0 Å². The molecule has 0 saturated carbocycles. The lowest BCUT2D eigenvalue weighted by atomic mass is 10.2. The van der Waals surface area contributed by atoms with Crippen LogP contribution >= 0.6 is 23.2 Å². The second-order valence-corrected chi connectivity index (χ2v) is 5.00. The van der Waals surface area contributed by atoms with Gasteiger partial charge in [0.1, 0.15) is 0 Å². The first-order chi connectivity index (χ1) is 7.91. The van der Waals surface area contributed by atoms with Gasteiger partial charge in [0.2, 0.25) is 0 Å². The van der Waals surface area contributed by atoms with Gasteiger partial charge in [-0.25, -0.2) is 0 Å². The van der Waals surface area contributed by atoms with Crippen LogP contribution in [0, 0.1) is 0 Å². The van der Waals surface area contributed by atoms with Gasteiger partial charge in [-0.3, -0.25) is 4.79 Å². The third kappa shape index (κ3) is 4.19. The van der Waals surface area contributed by atoms with E-state index in [4.69, 9.17) is 23.2 Å². The van der Waals surface area contributed by atoms with Crippen molar-refractivity contribution in [1.82, 2.24) is 9.80 Å². The lowest BCUT2D eigenvalue weighted by Crippen LogP contribution is -2.33. The zero-order valence-corrected chi connectivity index (χ0v) is 11.7. The number of nitrogens with zero attached hydrogens (tertiary/aromatic N) is 2. The Morgan fingerprint density at radius 2 is 1.82 bits per heavy atom. The molecule has 17 heavy (non-hydrogen) atoms. The van der Waals surface area contributed by atoms with Gasteiger partial charge in [-0.2, -0.15) is 0 Å². The number of hydrogen-bond acceptors (Lipinski definition) is 2. The fourth-order valence-electron chi connectivity index (χ4n) is 1.32. The number of carbonyl (C=O) groups is 1. The fourth-order valence-corrected chi connectivity index (χ4v) is 1.81. The quantitative estimate of drug-likeness (QED) is 0.843. The maximum absolute atomic E-state index is 12.1. The van der Waals surface area contributed by atoms with Crippen LogP contribution in [0.4, 0.5) is 0 Å². The summed E-state index contributed by atoms with van der Waals surface area (Å²) in [6.45, 7) is 1.47. The van der Waals surface area contributed by atoms with E-state index < -0.39 is 0 Å². The Balaban J connectivity index is 2.75. The van der Waals surface area contributed by atoms with E-state index in [1.165, 1.54) is 0 Å². The molecule has 0 spiro atoms. The highest BCUT2D eigenvalue weighted by Crippen LogP contribution is 2.21. The zero-order chi connectivity index (χ0) is 13.0. The van der Waals surface area contributed by atoms with E-state index in [0.717, 1.165) is 6.54 Å². The number of benzene rings is 1. The number of rotatable bonds is 4. The van der Waals surface area contributed by atoms with Gasteiger partial charge in [-0.05, 0) is 32.3 Å². The average molecular weight is 275 g/mol. The van der Waals surface area contributed by atoms with Crippen LogP contribution in [0.5, 0.6) is 0 Å². The zero-order valence-electron chi connectivity index (χ0n) is 10.2. The van der Waals surface area contributed by atoms with Gasteiger partial charge in [-0.15, -0.1) is 0 Å². The van der Waals surface area contributed by atoms with E-state index in [0.29, 0.717) is 22.2 Å². The molecule has 0 unspecified atom stereocenters. The first-order valence-corrected chi connectivity index (χ1v) is 6.02. The molecular weight excluding hydrogens is 259 g/mol. The number of amides is 1. The molecule has 0 bridgehead atoms. The lowest BCUT2D eigenvalue weighted by molar-refractivity contribution is 0.0786. The van der Waals surface area contributed by atoms with Gasteiger partial charge in [0.05, 0.1) is 10.6 Å². The van der Waals surface area contributed by atoms with Crippen molar-refractivity contribution in [2.24, 2.45) is 0 Å². The van der Waals surface area contributed by atoms with Crippen molar-refractivity contribution in [2.75, 3.05) is 34.2 Å². The van der Waals surface area contributed by atoms with Gasteiger partial charge in [0.15, 0.2) is 0 Å². The maximum Gasteiger partial charge on any atom is 0.255 e. The summed E-state index contributed by atoms with van der Waals surface area (Å²) >= 11 is 11.8. The second-order valence-electron chi connectivity index (χ2n) is 4.15. The van der Waals surface area contributed by atoms with E-state index in [-0.39, 0.29) is 5.91 Å². The lowest BCUT2D eigenvalue weighted by Gasteiger charge is -2.20. The first kappa shape index (κ1) is 14.3. The van der Waals surface area contributed by atoms with E-state index in [1.807, 2.05) is 19.0 Å². The molecule has 0 heterocycles. The van der Waals surface area contributed by atoms with Crippen molar-refractivity contribution in [3.05, 3.63) is 33.8 Å². The molecule has 0 radical (unpaired) electrons. The molecule has 0 saturated heterocycles. The molecule has 0 aliphatic rings. The van der Waals surface area contributed by atoms with Crippen molar-refractivity contribution in [2.45, 2.75) is 0 Å². The summed E-state index contributed by atoms with van der Waals surface area (Å²) in [5.74, 6) is -0.0893. The summed E-state index contributed by atoms with van der Waals surface area (Å²) < 4.78 is 0. The van der Waals surface area contributed by atoms with Crippen LogP contribution in [0.2, 0.25) is 10.0 Å². The Morgan fingerprint density at radius 3 is 2.35 bits per heavy atom. The summed E-state index contributed by atoms with van der Waals surface area (Å²) in [5, 5.41) is 0.918. The molecule has 1 rings (SSSR count). The molecule has 1 aromatic carbocycles. The van der Waals surface area contributed by atoms with Crippen LogP contribution in [0.15, 0.2) is 18.2 Å². The SMILES string of the molecule is CN(C)CCN(C)C(=O)c1ccc(Cl)cc1Cl. The van der Waals surface area contributed by atoms with E-state index >= 15 is 0 Å². The van der Waals surface area contributed by atoms with Gasteiger partial charge in [0, 0.05) is 25.2 Å². The summed E-state index contributed by atoms with van der Waals surface area (Å²) in [6, 6.07) is 4.90. The van der Waals surface area contributed by atoms with Crippen LogP contribution in [-0.2, 0) is 0 Å². The molecule has 0 fully saturated rings. The van der Waals surface area contributed by atoms with Gasteiger partial charge < -0.3 is 9.80 Å².